The molecule has 1 aromatic heterocycles. The fourth-order valence-electron chi connectivity index (χ4n) is 2.13. The number of H-pyrrole nitrogens is 1. The lowest BCUT2D eigenvalue weighted by atomic mass is 10.2. The number of nitrogens with one attached hydrogen (secondary N) is 2. The van der Waals surface area contributed by atoms with Gasteiger partial charge in [-0.1, -0.05) is 26.0 Å². The van der Waals surface area contributed by atoms with Crippen LogP contribution in [0.5, 0.6) is 5.75 Å². The molecule has 0 spiro atoms. The SMILES string of the molecule is Cc1cccc(NC(=O)CSCc2cc(=O)c(OCC(C)C)c[nH]2)c1. The second kappa shape index (κ2) is 9.32. The van der Waals surface area contributed by atoms with Crippen molar-refractivity contribution in [2.75, 3.05) is 17.7 Å². The van der Waals surface area contributed by atoms with Crippen LogP contribution in [0.25, 0.3) is 0 Å². The van der Waals surface area contributed by atoms with Gasteiger partial charge in [0.2, 0.25) is 11.3 Å². The first-order valence-corrected chi connectivity index (χ1v) is 9.38. The average molecular weight is 360 g/mol. The van der Waals surface area contributed by atoms with Gasteiger partial charge in [0.25, 0.3) is 0 Å². The highest BCUT2D eigenvalue weighted by Crippen LogP contribution is 2.13. The number of rotatable bonds is 8. The summed E-state index contributed by atoms with van der Waals surface area (Å²) in [6.45, 7) is 6.55. The van der Waals surface area contributed by atoms with Crippen molar-refractivity contribution in [3.8, 4) is 5.75 Å². The van der Waals surface area contributed by atoms with Crippen molar-refractivity contribution in [3.63, 3.8) is 0 Å². The molecule has 25 heavy (non-hydrogen) atoms. The molecule has 0 saturated heterocycles. The number of anilines is 1. The maximum absolute atomic E-state index is 12.0. The van der Waals surface area contributed by atoms with E-state index in [0.717, 1.165) is 16.9 Å². The zero-order valence-electron chi connectivity index (χ0n) is 14.8. The molecule has 2 N–H and O–H groups in total. The first-order valence-electron chi connectivity index (χ1n) is 8.22. The quantitative estimate of drug-likeness (QED) is 0.755. The Morgan fingerprint density at radius 3 is 2.80 bits per heavy atom. The van der Waals surface area contributed by atoms with Crippen LogP contribution in [0, 0.1) is 12.8 Å². The van der Waals surface area contributed by atoms with Gasteiger partial charge in [-0.15, -0.1) is 11.8 Å². The molecule has 0 unspecified atom stereocenters. The summed E-state index contributed by atoms with van der Waals surface area (Å²) in [6, 6.07) is 9.21. The number of ether oxygens (including phenoxy) is 1. The van der Waals surface area contributed by atoms with Crippen LogP contribution in [-0.4, -0.2) is 23.3 Å². The van der Waals surface area contributed by atoms with Crippen molar-refractivity contribution in [1.82, 2.24) is 4.98 Å². The van der Waals surface area contributed by atoms with Gasteiger partial charge in [-0.3, -0.25) is 9.59 Å². The number of aromatic amines is 1. The van der Waals surface area contributed by atoms with Gasteiger partial charge in [-0.05, 0) is 30.5 Å². The molecule has 6 heteroatoms. The lowest BCUT2D eigenvalue weighted by Gasteiger charge is -2.09. The second-order valence-electron chi connectivity index (χ2n) is 6.30. The Hall–Kier alpha value is -2.21. The van der Waals surface area contributed by atoms with Gasteiger partial charge in [-0.2, -0.15) is 0 Å². The predicted molar refractivity (Wildman–Crippen MR) is 103 cm³/mol. The summed E-state index contributed by atoms with van der Waals surface area (Å²) in [4.78, 5) is 27.0. The molecule has 0 saturated carbocycles. The number of hydrogen-bond donors (Lipinski definition) is 2. The minimum atomic E-state index is -0.140. The summed E-state index contributed by atoms with van der Waals surface area (Å²) in [5.41, 5.74) is 2.53. The van der Waals surface area contributed by atoms with Crippen LogP contribution in [0.3, 0.4) is 0 Å². The summed E-state index contributed by atoms with van der Waals surface area (Å²) < 4.78 is 5.46. The first kappa shape index (κ1) is 19.1. The summed E-state index contributed by atoms with van der Waals surface area (Å²) in [5.74, 6) is 1.51. The Kier molecular flexibility index (Phi) is 7.13. The van der Waals surface area contributed by atoms with Gasteiger partial charge in [0.1, 0.15) is 0 Å². The van der Waals surface area contributed by atoms with Crippen LogP contribution in [0.4, 0.5) is 5.69 Å². The van der Waals surface area contributed by atoms with E-state index in [9.17, 15) is 9.59 Å². The van der Waals surface area contributed by atoms with E-state index in [4.69, 9.17) is 4.74 Å². The molecule has 1 heterocycles. The standard InChI is InChI=1S/C19H24N2O3S/c1-13(2)10-24-18-9-20-16(8-17(18)22)11-25-12-19(23)21-15-6-4-5-14(3)7-15/h4-9,13H,10-12H2,1-3H3,(H,20,22)(H,21,23). The molecule has 1 amide bonds. The molecule has 0 aliphatic carbocycles. The van der Waals surface area contributed by atoms with Gasteiger partial charge in [0.05, 0.1) is 12.4 Å². The van der Waals surface area contributed by atoms with Crippen molar-refractivity contribution in [1.29, 1.82) is 0 Å². The highest BCUT2D eigenvalue weighted by molar-refractivity contribution is 7.99. The molecule has 0 radical (unpaired) electrons. The fraction of sp³-hybridized carbons (Fsp3) is 0.368. The van der Waals surface area contributed by atoms with E-state index < -0.39 is 0 Å². The van der Waals surface area contributed by atoms with E-state index in [1.807, 2.05) is 45.0 Å². The second-order valence-corrected chi connectivity index (χ2v) is 7.29. The van der Waals surface area contributed by atoms with Crippen LogP contribution in [0.15, 0.2) is 41.3 Å². The Morgan fingerprint density at radius 2 is 2.12 bits per heavy atom. The van der Waals surface area contributed by atoms with Gasteiger partial charge in [0.15, 0.2) is 5.75 Å². The predicted octanol–water partition coefficient (Wildman–Crippen LogP) is 3.59. The summed E-state index contributed by atoms with van der Waals surface area (Å²) in [6.07, 6.45) is 1.59. The molecule has 2 aromatic rings. The van der Waals surface area contributed by atoms with Crippen molar-refractivity contribution in [2.45, 2.75) is 26.5 Å². The van der Waals surface area contributed by atoms with Crippen LogP contribution >= 0.6 is 11.8 Å². The maximum Gasteiger partial charge on any atom is 0.234 e. The normalized spacial score (nSPS) is 10.7. The zero-order valence-corrected chi connectivity index (χ0v) is 15.6. The van der Waals surface area contributed by atoms with E-state index >= 15 is 0 Å². The van der Waals surface area contributed by atoms with Gasteiger partial charge < -0.3 is 15.0 Å². The molecule has 5 nitrogen and oxygen atoms in total. The highest BCUT2D eigenvalue weighted by Gasteiger charge is 2.06. The Morgan fingerprint density at radius 1 is 1.32 bits per heavy atom. The largest absolute Gasteiger partial charge is 0.488 e. The Labute approximate surface area is 152 Å². The monoisotopic (exact) mass is 360 g/mol. The topological polar surface area (TPSA) is 71.2 Å². The lowest BCUT2D eigenvalue weighted by Crippen LogP contribution is -2.15. The third-order valence-electron chi connectivity index (χ3n) is 3.30. The number of amides is 1. The van der Waals surface area contributed by atoms with Crippen LogP contribution in [-0.2, 0) is 10.5 Å². The molecular weight excluding hydrogens is 336 g/mol. The van der Waals surface area contributed by atoms with Crippen molar-refractivity contribution >= 4 is 23.4 Å². The smallest absolute Gasteiger partial charge is 0.234 e. The van der Waals surface area contributed by atoms with Crippen LogP contribution < -0.4 is 15.5 Å². The number of aryl methyl sites for hydroxylation is 1. The molecule has 0 bridgehead atoms. The summed E-state index contributed by atoms with van der Waals surface area (Å²) in [5, 5.41) is 2.87. The van der Waals surface area contributed by atoms with Gasteiger partial charge >= 0.3 is 0 Å². The lowest BCUT2D eigenvalue weighted by molar-refractivity contribution is -0.113. The maximum atomic E-state index is 12.0. The minimum absolute atomic E-state index is 0.0603. The molecule has 1 aromatic carbocycles. The van der Waals surface area contributed by atoms with Crippen molar-refractivity contribution in [3.05, 3.63) is 58.0 Å². The fourth-order valence-corrected chi connectivity index (χ4v) is 2.87. The number of aromatic nitrogens is 1. The Balaban J connectivity index is 1.80. The number of carbonyl (C=O) groups is 1. The number of carbonyl (C=O) groups excluding carboxylic acids is 1. The van der Waals surface area contributed by atoms with E-state index in [2.05, 4.69) is 10.3 Å². The van der Waals surface area contributed by atoms with Crippen molar-refractivity contribution in [2.24, 2.45) is 5.92 Å². The van der Waals surface area contributed by atoms with Crippen molar-refractivity contribution < 1.29 is 9.53 Å². The molecule has 0 aliphatic heterocycles. The number of hydrogen-bond acceptors (Lipinski definition) is 4. The molecule has 2 rings (SSSR count). The molecule has 0 aliphatic rings. The van der Waals surface area contributed by atoms with E-state index in [1.54, 1.807) is 6.20 Å². The zero-order chi connectivity index (χ0) is 18.2. The summed E-state index contributed by atoms with van der Waals surface area (Å²) in [7, 11) is 0. The molecule has 0 atom stereocenters. The average Bonchev–Trinajstić information content (AvgIpc) is 2.54. The van der Waals surface area contributed by atoms with E-state index in [1.165, 1.54) is 17.8 Å². The third-order valence-corrected chi connectivity index (χ3v) is 4.28. The molecule has 0 fully saturated rings. The van der Waals surface area contributed by atoms with Crippen LogP contribution in [0.1, 0.15) is 25.1 Å². The van der Waals surface area contributed by atoms with Crippen LogP contribution in [0.2, 0.25) is 0 Å². The van der Waals surface area contributed by atoms with E-state index in [-0.39, 0.29) is 11.3 Å². The third kappa shape index (κ3) is 6.66. The first-order chi connectivity index (χ1) is 11.9. The summed E-state index contributed by atoms with van der Waals surface area (Å²) >= 11 is 1.45. The molecular formula is C19H24N2O3S. The highest BCUT2D eigenvalue weighted by atomic mass is 32.2. The minimum Gasteiger partial charge on any atom is -0.488 e. The molecule has 134 valence electrons. The Bertz CT molecular complexity index is 771. The number of thioether (sulfide) groups is 1. The van der Waals surface area contributed by atoms with Gasteiger partial charge in [-0.25, -0.2) is 0 Å². The van der Waals surface area contributed by atoms with E-state index in [0.29, 0.717) is 29.8 Å². The van der Waals surface area contributed by atoms with Gasteiger partial charge in [0, 0.05) is 29.4 Å². The number of pyridine rings is 1. The number of benzene rings is 1.